The van der Waals surface area contributed by atoms with Crippen molar-refractivity contribution in [2.75, 3.05) is 0 Å². The number of nitrogens with one attached hydrogen (secondary N) is 1. The van der Waals surface area contributed by atoms with E-state index in [1.54, 1.807) is 6.07 Å². The average Bonchev–Trinajstić information content (AvgIpc) is 2.23. The molecule has 0 spiro atoms. The highest BCUT2D eigenvalue weighted by Gasteiger charge is 2.25. The van der Waals surface area contributed by atoms with E-state index in [1.165, 1.54) is 0 Å². The molecule has 0 bridgehead atoms. The Morgan fingerprint density at radius 2 is 2.20 bits per heavy atom. The van der Waals surface area contributed by atoms with E-state index in [4.69, 9.17) is 28.3 Å². The number of carboxylic acids is 1. The first-order valence-electron chi connectivity index (χ1n) is 4.51. The van der Waals surface area contributed by atoms with Crippen LogP contribution in [0.25, 0.3) is 0 Å². The van der Waals surface area contributed by atoms with Gasteiger partial charge in [-0.25, -0.2) is 0 Å². The quantitative estimate of drug-likeness (QED) is 0.797. The number of benzene rings is 1. The zero-order valence-electron chi connectivity index (χ0n) is 7.76. The predicted octanol–water partition coefficient (Wildman–Crippen LogP) is 2.09. The number of halogens is 2. The van der Waals surface area contributed by atoms with E-state index in [1.807, 2.05) is 6.07 Å². The topological polar surface area (TPSA) is 49.3 Å². The van der Waals surface area contributed by atoms with Gasteiger partial charge in [0.15, 0.2) is 0 Å². The lowest BCUT2D eigenvalue weighted by molar-refractivity contribution is -0.139. The monoisotopic (exact) mass is 245 g/mol. The van der Waals surface area contributed by atoms with Crippen LogP contribution in [0.1, 0.15) is 11.1 Å². The number of rotatable bonds is 1. The molecule has 0 amide bonds. The molecular weight excluding hydrogens is 237 g/mol. The lowest BCUT2D eigenvalue weighted by Gasteiger charge is -2.24. The second kappa shape index (κ2) is 4.00. The maximum absolute atomic E-state index is 10.8. The standard InChI is InChI=1S/C10H9Cl2NO2/c11-7-2-1-5-3-8(10(14)15)13-4-6(5)9(7)12/h1-2,8,13H,3-4H2,(H,14,15)/t8-/m0/s1. The van der Waals surface area contributed by atoms with Crippen molar-refractivity contribution in [3.05, 3.63) is 33.3 Å². The van der Waals surface area contributed by atoms with Crippen molar-refractivity contribution < 1.29 is 9.90 Å². The first kappa shape index (κ1) is 10.7. The van der Waals surface area contributed by atoms with Crippen molar-refractivity contribution in [2.45, 2.75) is 19.0 Å². The molecule has 1 atom stereocenters. The van der Waals surface area contributed by atoms with E-state index >= 15 is 0 Å². The smallest absolute Gasteiger partial charge is 0.321 e. The summed E-state index contributed by atoms with van der Waals surface area (Å²) in [5, 5.41) is 12.8. The normalized spacial score (nSPS) is 19.7. The van der Waals surface area contributed by atoms with Crippen LogP contribution < -0.4 is 5.32 Å². The summed E-state index contributed by atoms with van der Waals surface area (Å²) in [5.41, 5.74) is 1.86. The van der Waals surface area contributed by atoms with Crippen molar-refractivity contribution in [1.82, 2.24) is 5.32 Å². The molecule has 2 N–H and O–H groups in total. The molecule has 3 nitrogen and oxygen atoms in total. The van der Waals surface area contributed by atoms with E-state index in [0.29, 0.717) is 23.0 Å². The summed E-state index contributed by atoms with van der Waals surface area (Å²) in [6.07, 6.45) is 0.446. The summed E-state index contributed by atoms with van der Waals surface area (Å²) in [4.78, 5) is 10.8. The third kappa shape index (κ3) is 1.95. The number of fused-ring (bicyclic) bond motifs is 1. The van der Waals surface area contributed by atoms with Gasteiger partial charge in [-0.05, 0) is 23.6 Å². The van der Waals surface area contributed by atoms with Gasteiger partial charge in [0.05, 0.1) is 10.0 Å². The molecule has 0 saturated carbocycles. The van der Waals surface area contributed by atoms with E-state index in [0.717, 1.165) is 11.1 Å². The number of carbonyl (C=O) groups is 1. The van der Waals surface area contributed by atoms with E-state index < -0.39 is 12.0 Å². The molecule has 1 aromatic carbocycles. The van der Waals surface area contributed by atoms with E-state index in [2.05, 4.69) is 5.32 Å². The lowest BCUT2D eigenvalue weighted by Crippen LogP contribution is -2.41. The maximum atomic E-state index is 10.8. The molecule has 0 unspecified atom stereocenters. The zero-order chi connectivity index (χ0) is 11.0. The van der Waals surface area contributed by atoms with Crippen LogP contribution in [0.5, 0.6) is 0 Å². The number of hydrogen-bond donors (Lipinski definition) is 2. The molecule has 0 saturated heterocycles. The third-order valence-corrected chi connectivity index (χ3v) is 3.38. The fourth-order valence-electron chi connectivity index (χ4n) is 1.71. The molecule has 15 heavy (non-hydrogen) atoms. The molecule has 80 valence electrons. The van der Waals surface area contributed by atoms with Gasteiger partial charge in [0.1, 0.15) is 6.04 Å². The highest BCUT2D eigenvalue weighted by atomic mass is 35.5. The largest absolute Gasteiger partial charge is 0.480 e. The number of carboxylic acid groups (broad SMARTS) is 1. The van der Waals surface area contributed by atoms with E-state index in [9.17, 15) is 4.79 Å². The predicted molar refractivity (Wildman–Crippen MR) is 58.4 cm³/mol. The summed E-state index contributed by atoms with van der Waals surface area (Å²) < 4.78 is 0. The van der Waals surface area contributed by atoms with Crippen molar-refractivity contribution in [3.8, 4) is 0 Å². The van der Waals surface area contributed by atoms with Gasteiger partial charge in [0.2, 0.25) is 0 Å². The Morgan fingerprint density at radius 3 is 2.87 bits per heavy atom. The summed E-state index contributed by atoms with van der Waals surface area (Å²) in [7, 11) is 0. The van der Waals surface area contributed by atoms with Crippen molar-refractivity contribution >= 4 is 29.2 Å². The van der Waals surface area contributed by atoms with Crippen LogP contribution in [0.3, 0.4) is 0 Å². The van der Waals surface area contributed by atoms with Crippen LogP contribution in [0.15, 0.2) is 12.1 Å². The molecule has 1 aliphatic heterocycles. The first-order chi connectivity index (χ1) is 7.09. The molecule has 0 aliphatic carbocycles. The van der Waals surface area contributed by atoms with E-state index in [-0.39, 0.29) is 0 Å². The van der Waals surface area contributed by atoms with Gasteiger partial charge in [0, 0.05) is 6.54 Å². The maximum Gasteiger partial charge on any atom is 0.321 e. The highest BCUT2D eigenvalue weighted by Crippen LogP contribution is 2.31. The van der Waals surface area contributed by atoms with Crippen LogP contribution in [-0.4, -0.2) is 17.1 Å². The van der Waals surface area contributed by atoms with Gasteiger partial charge in [-0.2, -0.15) is 0 Å². The number of aliphatic carboxylic acids is 1. The van der Waals surface area contributed by atoms with Crippen molar-refractivity contribution in [2.24, 2.45) is 0 Å². The van der Waals surface area contributed by atoms with Crippen LogP contribution in [-0.2, 0) is 17.8 Å². The molecule has 5 heteroatoms. The van der Waals surface area contributed by atoms with Gasteiger partial charge in [-0.15, -0.1) is 0 Å². The van der Waals surface area contributed by atoms with Crippen molar-refractivity contribution in [1.29, 1.82) is 0 Å². The Hall–Kier alpha value is -0.770. The molecule has 2 rings (SSSR count). The molecule has 0 fully saturated rings. The number of hydrogen-bond acceptors (Lipinski definition) is 2. The van der Waals surface area contributed by atoms with Crippen LogP contribution in [0, 0.1) is 0 Å². The molecular formula is C10H9Cl2NO2. The minimum Gasteiger partial charge on any atom is -0.480 e. The minimum absolute atomic E-state index is 0.446. The van der Waals surface area contributed by atoms with Gasteiger partial charge in [0.25, 0.3) is 0 Å². The van der Waals surface area contributed by atoms with Crippen LogP contribution in [0.2, 0.25) is 10.0 Å². The Labute approximate surface area is 97.0 Å². The Morgan fingerprint density at radius 1 is 1.47 bits per heavy atom. The second-order valence-corrected chi connectivity index (χ2v) is 4.26. The van der Waals surface area contributed by atoms with Crippen LogP contribution in [0.4, 0.5) is 0 Å². The Kier molecular flexibility index (Phi) is 2.87. The summed E-state index contributed by atoms with van der Waals surface area (Å²) >= 11 is 11.9. The SMILES string of the molecule is O=C(O)[C@@H]1Cc2ccc(Cl)c(Cl)c2CN1. The highest BCUT2D eigenvalue weighted by molar-refractivity contribution is 6.42. The van der Waals surface area contributed by atoms with Crippen LogP contribution >= 0.6 is 23.2 Å². The molecule has 1 aliphatic rings. The van der Waals surface area contributed by atoms with Gasteiger partial charge < -0.3 is 5.11 Å². The average molecular weight is 246 g/mol. The zero-order valence-corrected chi connectivity index (χ0v) is 9.27. The third-order valence-electron chi connectivity index (χ3n) is 2.54. The van der Waals surface area contributed by atoms with Gasteiger partial charge in [-0.3, -0.25) is 10.1 Å². The van der Waals surface area contributed by atoms with Crippen molar-refractivity contribution in [3.63, 3.8) is 0 Å². The minimum atomic E-state index is -0.841. The van der Waals surface area contributed by atoms with Gasteiger partial charge in [-0.1, -0.05) is 29.3 Å². The fourth-order valence-corrected chi connectivity index (χ4v) is 2.14. The molecule has 1 aromatic rings. The lowest BCUT2D eigenvalue weighted by atomic mass is 9.96. The molecule has 1 heterocycles. The Balaban J connectivity index is 2.36. The second-order valence-electron chi connectivity index (χ2n) is 3.47. The molecule has 0 radical (unpaired) electrons. The Bertz CT molecular complexity index is 420. The first-order valence-corrected chi connectivity index (χ1v) is 5.27. The molecule has 0 aromatic heterocycles. The summed E-state index contributed by atoms with van der Waals surface area (Å²) in [6.45, 7) is 0.450. The summed E-state index contributed by atoms with van der Waals surface area (Å²) in [6, 6.07) is 3.00. The summed E-state index contributed by atoms with van der Waals surface area (Å²) in [5.74, 6) is -0.841. The van der Waals surface area contributed by atoms with Gasteiger partial charge >= 0.3 is 5.97 Å². The fraction of sp³-hybridized carbons (Fsp3) is 0.300.